The van der Waals surface area contributed by atoms with E-state index in [1.165, 1.54) is 9.13 Å². The highest BCUT2D eigenvalue weighted by Crippen LogP contribution is 2.29. The molecule has 0 amide bonds. The number of ether oxygens (including phenoxy) is 1. The molecule has 0 aliphatic carbocycles. The normalized spacial score (nSPS) is 11.5. The predicted octanol–water partition coefficient (Wildman–Crippen LogP) is 3.22. The first kappa shape index (κ1) is 19.9. The van der Waals surface area contributed by atoms with Crippen LogP contribution in [0.2, 0.25) is 0 Å². The summed E-state index contributed by atoms with van der Waals surface area (Å²) in [5.74, 6) is 1.34. The summed E-state index contributed by atoms with van der Waals surface area (Å²) >= 11 is 0. The van der Waals surface area contributed by atoms with E-state index in [9.17, 15) is 9.59 Å². The molecule has 0 aliphatic rings. The molecule has 0 spiro atoms. The van der Waals surface area contributed by atoms with Crippen molar-refractivity contribution in [2.75, 3.05) is 6.61 Å². The molecule has 5 rings (SSSR count). The Kier molecular flexibility index (Phi) is 4.70. The molecule has 8 heteroatoms. The van der Waals surface area contributed by atoms with Crippen molar-refractivity contribution in [3.05, 3.63) is 81.6 Å². The average Bonchev–Trinajstić information content (AvgIpc) is 3.36. The van der Waals surface area contributed by atoms with Crippen molar-refractivity contribution < 1.29 is 4.74 Å². The van der Waals surface area contributed by atoms with Crippen LogP contribution < -0.4 is 16.0 Å². The van der Waals surface area contributed by atoms with Crippen molar-refractivity contribution in [3.63, 3.8) is 0 Å². The molecule has 0 unspecified atom stereocenters. The summed E-state index contributed by atoms with van der Waals surface area (Å²) in [6.07, 6.45) is 1.91. The molecule has 3 aromatic heterocycles. The van der Waals surface area contributed by atoms with Gasteiger partial charge in [0, 0.05) is 31.0 Å². The lowest BCUT2D eigenvalue weighted by Gasteiger charge is -2.10. The summed E-state index contributed by atoms with van der Waals surface area (Å²) in [4.78, 5) is 30.5. The van der Waals surface area contributed by atoms with E-state index in [2.05, 4.69) is 0 Å². The van der Waals surface area contributed by atoms with Crippen LogP contribution in [0.25, 0.3) is 33.9 Å². The summed E-state index contributed by atoms with van der Waals surface area (Å²) < 4.78 is 12.0. The van der Waals surface area contributed by atoms with E-state index in [1.54, 1.807) is 18.4 Å². The topological polar surface area (TPSA) is 75.5 Å². The van der Waals surface area contributed by atoms with Crippen LogP contribution in [0.4, 0.5) is 0 Å². The first-order valence-electron chi connectivity index (χ1n) is 10.6. The van der Waals surface area contributed by atoms with Gasteiger partial charge >= 0.3 is 5.69 Å². The number of hydrogen-bond donors (Lipinski definition) is 0. The van der Waals surface area contributed by atoms with Gasteiger partial charge in [0.15, 0.2) is 11.2 Å². The zero-order valence-electron chi connectivity index (χ0n) is 18.1. The van der Waals surface area contributed by atoms with Crippen LogP contribution in [0.3, 0.4) is 0 Å². The molecule has 32 heavy (non-hydrogen) atoms. The van der Waals surface area contributed by atoms with Gasteiger partial charge in [-0.15, -0.1) is 0 Å². The van der Waals surface area contributed by atoms with Crippen LogP contribution in [0.5, 0.6) is 5.75 Å². The van der Waals surface area contributed by atoms with E-state index >= 15 is 0 Å². The van der Waals surface area contributed by atoms with Crippen molar-refractivity contribution >= 4 is 16.9 Å². The Morgan fingerprint density at radius 3 is 2.34 bits per heavy atom. The maximum Gasteiger partial charge on any atom is 0.332 e. The Balaban J connectivity index is 1.89. The van der Waals surface area contributed by atoms with Gasteiger partial charge in [-0.1, -0.05) is 30.3 Å². The Labute approximate surface area is 183 Å². The van der Waals surface area contributed by atoms with Gasteiger partial charge in [0.1, 0.15) is 5.75 Å². The molecule has 0 N–H and O–H groups in total. The van der Waals surface area contributed by atoms with Gasteiger partial charge in [0.05, 0.1) is 12.3 Å². The van der Waals surface area contributed by atoms with Crippen LogP contribution >= 0.6 is 0 Å². The number of nitrogens with zero attached hydrogens (tertiary/aromatic N) is 5. The lowest BCUT2D eigenvalue weighted by atomic mass is 10.1. The lowest BCUT2D eigenvalue weighted by Crippen LogP contribution is -2.38. The SMILES string of the molecule is CCOc1ccc(-n2c(-c3ccccc3)cn3c4c(=O)n(CC)c(=O)n(C)c4nc23)cc1. The molecule has 2 aromatic carbocycles. The van der Waals surface area contributed by atoms with Gasteiger partial charge in [-0.25, -0.2) is 4.79 Å². The van der Waals surface area contributed by atoms with Crippen LogP contribution in [-0.4, -0.2) is 29.7 Å². The lowest BCUT2D eigenvalue weighted by molar-refractivity contribution is 0.340. The van der Waals surface area contributed by atoms with Crippen molar-refractivity contribution in [1.29, 1.82) is 0 Å². The largest absolute Gasteiger partial charge is 0.494 e. The first-order chi connectivity index (χ1) is 15.5. The van der Waals surface area contributed by atoms with Crippen molar-refractivity contribution in [1.82, 2.24) is 23.1 Å². The van der Waals surface area contributed by atoms with E-state index in [0.29, 0.717) is 30.1 Å². The molecule has 0 saturated carbocycles. The number of fused-ring (bicyclic) bond motifs is 3. The fourth-order valence-corrected chi connectivity index (χ4v) is 4.10. The molecule has 0 bridgehead atoms. The van der Waals surface area contributed by atoms with Crippen molar-refractivity contribution in [2.45, 2.75) is 20.4 Å². The maximum atomic E-state index is 13.2. The number of aryl methyl sites for hydroxylation is 1. The van der Waals surface area contributed by atoms with Gasteiger partial charge in [0.2, 0.25) is 5.78 Å². The summed E-state index contributed by atoms with van der Waals surface area (Å²) in [5, 5.41) is 0. The standard InChI is InChI=1S/C24H23N5O3/c1-4-27-22(30)20-21(26(3)24(27)31)25-23-28(20)15-19(16-9-7-6-8-10-16)29(23)17-11-13-18(14-12-17)32-5-2/h6-15H,4-5H2,1-3H3. The Morgan fingerprint density at radius 1 is 0.969 bits per heavy atom. The van der Waals surface area contributed by atoms with Crippen LogP contribution in [0.1, 0.15) is 13.8 Å². The minimum atomic E-state index is -0.373. The molecule has 0 saturated heterocycles. The maximum absolute atomic E-state index is 13.2. The van der Waals surface area contributed by atoms with Gasteiger partial charge < -0.3 is 4.74 Å². The third kappa shape index (κ3) is 2.87. The van der Waals surface area contributed by atoms with E-state index < -0.39 is 0 Å². The number of imidazole rings is 2. The van der Waals surface area contributed by atoms with Crippen molar-refractivity contribution in [2.24, 2.45) is 7.05 Å². The zero-order valence-corrected chi connectivity index (χ0v) is 18.1. The summed E-state index contributed by atoms with van der Waals surface area (Å²) in [5.41, 5.74) is 2.77. The fourth-order valence-electron chi connectivity index (χ4n) is 4.10. The fraction of sp³-hybridized carbons (Fsp3) is 0.208. The van der Waals surface area contributed by atoms with Crippen LogP contribution in [0, 0.1) is 0 Å². The summed E-state index contributed by atoms with van der Waals surface area (Å²) in [6, 6.07) is 17.7. The molecule has 0 aliphatic heterocycles. The minimum Gasteiger partial charge on any atom is -0.494 e. The number of benzene rings is 2. The molecule has 0 fully saturated rings. The van der Waals surface area contributed by atoms with Gasteiger partial charge in [-0.05, 0) is 38.1 Å². The third-order valence-corrected chi connectivity index (χ3v) is 5.64. The quantitative estimate of drug-likeness (QED) is 0.430. The van der Waals surface area contributed by atoms with E-state index in [1.807, 2.05) is 72.3 Å². The third-order valence-electron chi connectivity index (χ3n) is 5.64. The van der Waals surface area contributed by atoms with E-state index in [4.69, 9.17) is 9.72 Å². The van der Waals surface area contributed by atoms with E-state index in [-0.39, 0.29) is 11.2 Å². The molecular weight excluding hydrogens is 406 g/mol. The predicted molar refractivity (Wildman–Crippen MR) is 124 cm³/mol. The molecule has 0 atom stereocenters. The van der Waals surface area contributed by atoms with Crippen LogP contribution in [-0.2, 0) is 13.6 Å². The number of aromatic nitrogens is 5. The highest BCUT2D eigenvalue weighted by atomic mass is 16.5. The monoisotopic (exact) mass is 429 g/mol. The number of rotatable bonds is 5. The molecule has 162 valence electrons. The molecule has 5 aromatic rings. The molecular formula is C24H23N5O3. The second-order valence-corrected chi connectivity index (χ2v) is 7.49. The van der Waals surface area contributed by atoms with E-state index in [0.717, 1.165) is 22.7 Å². The summed E-state index contributed by atoms with van der Waals surface area (Å²) in [7, 11) is 1.64. The highest BCUT2D eigenvalue weighted by Gasteiger charge is 2.22. The molecule has 3 heterocycles. The second-order valence-electron chi connectivity index (χ2n) is 7.49. The first-order valence-corrected chi connectivity index (χ1v) is 10.6. The van der Waals surface area contributed by atoms with Gasteiger partial charge in [-0.3, -0.25) is 22.9 Å². The minimum absolute atomic E-state index is 0.291. The Morgan fingerprint density at radius 2 is 1.69 bits per heavy atom. The Hall–Kier alpha value is -4.07. The number of hydrogen-bond acceptors (Lipinski definition) is 4. The summed E-state index contributed by atoms with van der Waals surface area (Å²) in [6.45, 7) is 4.61. The molecule has 8 nitrogen and oxygen atoms in total. The average molecular weight is 429 g/mol. The van der Waals surface area contributed by atoms with Crippen LogP contribution in [0.15, 0.2) is 70.4 Å². The second kappa shape index (κ2) is 7.56. The smallest absolute Gasteiger partial charge is 0.332 e. The Bertz CT molecular complexity index is 1550. The van der Waals surface area contributed by atoms with Gasteiger partial charge in [0.25, 0.3) is 5.56 Å². The molecule has 0 radical (unpaired) electrons. The highest BCUT2D eigenvalue weighted by molar-refractivity contribution is 5.79. The van der Waals surface area contributed by atoms with Gasteiger partial charge in [-0.2, -0.15) is 4.98 Å². The zero-order chi connectivity index (χ0) is 22.4. The van der Waals surface area contributed by atoms with Crippen molar-refractivity contribution in [3.8, 4) is 22.7 Å².